The molecule has 2 N–H and O–H groups in total. The Balaban J connectivity index is 2.29. The van der Waals surface area contributed by atoms with E-state index in [0.717, 1.165) is 12.6 Å². The SMILES string of the molecule is CCCCCCCC(CN)N1CCCCCC1C. The molecule has 1 aliphatic rings. The van der Waals surface area contributed by atoms with Gasteiger partial charge in [-0.15, -0.1) is 0 Å². The fourth-order valence-corrected chi connectivity index (χ4v) is 3.24. The molecule has 0 bridgehead atoms. The number of unbranched alkanes of at least 4 members (excludes halogenated alkanes) is 4. The summed E-state index contributed by atoms with van der Waals surface area (Å²) < 4.78 is 0. The van der Waals surface area contributed by atoms with Gasteiger partial charge in [0.2, 0.25) is 0 Å². The highest BCUT2D eigenvalue weighted by molar-refractivity contribution is 4.80. The van der Waals surface area contributed by atoms with E-state index in [1.54, 1.807) is 0 Å². The zero-order valence-electron chi connectivity index (χ0n) is 12.7. The number of nitrogens with zero attached hydrogens (tertiary/aromatic N) is 1. The molecule has 2 atom stereocenters. The van der Waals surface area contributed by atoms with Gasteiger partial charge in [-0.1, -0.05) is 51.9 Å². The summed E-state index contributed by atoms with van der Waals surface area (Å²) in [6, 6.07) is 1.39. The van der Waals surface area contributed by atoms with Gasteiger partial charge in [-0.25, -0.2) is 0 Å². The smallest absolute Gasteiger partial charge is 0.0221 e. The van der Waals surface area contributed by atoms with E-state index in [-0.39, 0.29) is 0 Å². The highest BCUT2D eigenvalue weighted by Crippen LogP contribution is 2.21. The molecule has 0 aromatic carbocycles. The van der Waals surface area contributed by atoms with Crippen LogP contribution in [-0.2, 0) is 0 Å². The van der Waals surface area contributed by atoms with E-state index < -0.39 is 0 Å². The van der Waals surface area contributed by atoms with Crippen molar-refractivity contribution in [3.05, 3.63) is 0 Å². The van der Waals surface area contributed by atoms with Crippen molar-refractivity contribution in [1.29, 1.82) is 0 Å². The second kappa shape index (κ2) is 9.80. The molecule has 0 spiro atoms. The van der Waals surface area contributed by atoms with E-state index in [1.807, 2.05) is 0 Å². The van der Waals surface area contributed by atoms with Gasteiger partial charge in [-0.05, 0) is 32.7 Å². The van der Waals surface area contributed by atoms with E-state index in [0.29, 0.717) is 6.04 Å². The van der Waals surface area contributed by atoms with Crippen LogP contribution in [0.15, 0.2) is 0 Å². The van der Waals surface area contributed by atoms with Crippen LogP contribution in [0.4, 0.5) is 0 Å². The van der Waals surface area contributed by atoms with Crippen LogP contribution in [0.25, 0.3) is 0 Å². The zero-order chi connectivity index (χ0) is 13.2. The van der Waals surface area contributed by atoms with Crippen molar-refractivity contribution in [3.8, 4) is 0 Å². The molecule has 0 aromatic heterocycles. The quantitative estimate of drug-likeness (QED) is 0.665. The Morgan fingerprint density at radius 1 is 1.11 bits per heavy atom. The number of rotatable bonds is 8. The fraction of sp³-hybridized carbons (Fsp3) is 1.00. The van der Waals surface area contributed by atoms with Crippen LogP contribution in [0, 0.1) is 0 Å². The second-order valence-corrected chi connectivity index (χ2v) is 6.03. The molecule has 0 amide bonds. The van der Waals surface area contributed by atoms with Gasteiger partial charge >= 0.3 is 0 Å². The summed E-state index contributed by atoms with van der Waals surface area (Å²) in [6.45, 7) is 6.79. The summed E-state index contributed by atoms with van der Waals surface area (Å²) in [5.41, 5.74) is 6.02. The highest BCUT2D eigenvalue weighted by Gasteiger charge is 2.23. The van der Waals surface area contributed by atoms with Crippen LogP contribution >= 0.6 is 0 Å². The first kappa shape index (κ1) is 16.0. The van der Waals surface area contributed by atoms with Gasteiger partial charge in [0, 0.05) is 18.6 Å². The molecule has 0 aliphatic carbocycles. The van der Waals surface area contributed by atoms with Crippen molar-refractivity contribution >= 4 is 0 Å². The predicted molar refractivity (Wildman–Crippen MR) is 80.9 cm³/mol. The molecular weight excluding hydrogens is 220 g/mol. The first-order valence-electron chi connectivity index (χ1n) is 8.25. The van der Waals surface area contributed by atoms with E-state index in [9.17, 15) is 0 Å². The zero-order valence-corrected chi connectivity index (χ0v) is 12.7. The summed E-state index contributed by atoms with van der Waals surface area (Å²) >= 11 is 0. The minimum absolute atomic E-state index is 0.639. The van der Waals surface area contributed by atoms with Crippen LogP contribution < -0.4 is 5.73 Å². The van der Waals surface area contributed by atoms with E-state index in [2.05, 4.69) is 18.7 Å². The Hall–Kier alpha value is -0.0800. The van der Waals surface area contributed by atoms with Crippen LogP contribution in [0.1, 0.15) is 78.1 Å². The molecule has 0 radical (unpaired) electrons. The Labute approximate surface area is 114 Å². The summed E-state index contributed by atoms with van der Waals surface area (Å²) in [4.78, 5) is 2.70. The number of hydrogen-bond donors (Lipinski definition) is 1. The standard InChI is InChI=1S/C16H34N2/c1-3-4-5-6-9-12-16(14-17)18-13-10-7-8-11-15(18)2/h15-16H,3-14,17H2,1-2H3. The molecule has 1 saturated heterocycles. The van der Waals surface area contributed by atoms with Crippen molar-refractivity contribution in [2.75, 3.05) is 13.1 Å². The highest BCUT2D eigenvalue weighted by atomic mass is 15.2. The molecule has 0 saturated carbocycles. The molecule has 2 nitrogen and oxygen atoms in total. The number of likely N-dealkylation sites (tertiary alicyclic amines) is 1. The monoisotopic (exact) mass is 254 g/mol. The predicted octanol–water partition coefficient (Wildman–Crippen LogP) is 3.94. The first-order chi connectivity index (χ1) is 8.79. The van der Waals surface area contributed by atoms with Gasteiger partial charge in [0.15, 0.2) is 0 Å². The van der Waals surface area contributed by atoms with E-state index >= 15 is 0 Å². The lowest BCUT2D eigenvalue weighted by Gasteiger charge is -2.34. The summed E-state index contributed by atoms with van der Waals surface area (Å²) in [6.07, 6.45) is 13.8. The molecule has 108 valence electrons. The van der Waals surface area contributed by atoms with Crippen LogP contribution in [0.5, 0.6) is 0 Å². The minimum Gasteiger partial charge on any atom is -0.329 e. The topological polar surface area (TPSA) is 29.3 Å². The molecule has 1 fully saturated rings. The Morgan fingerprint density at radius 3 is 2.61 bits per heavy atom. The average molecular weight is 254 g/mol. The van der Waals surface area contributed by atoms with Crippen molar-refractivity contribution in [3.63, 3.8) is 0 Å². The molecule has 1 heterocycles. The third-order valence-corrected chi connectivity index (χ3v) is 4.49. The van der Waals surface area contributed by atoms with Gasteiger partial charge in [-0.3, -0.25) is 4.90 Å². The molecule has 1 aliphatic heterocycles. The van der Waals surface area contributed by atoms with Crippen LogP contribution in [-0.4, -0.2) is 30.1 Å². The summed E-state index contributed by atoms with van der Waals surface area (Å²) in [5, 5.41) is 0. The molecule has 18 heavy (non-hydrogen) atoms. The van der Waals surface area contributed by atoms with Gasteiger partial charge in [-0.2, -0.15) is 0 Å². The molecular formula is C16H34N2. The number of nitrogens with two attached hydrogens (primary N) is 1. The van der Waals surface area contributed by atoms with E-state index in [1.165, 1.54) is 70.8 Å². The maximum atomic E-state index is 6.02. The fourth-order valence-electron chi connectivity index (χ4n) is 3.24. The average Bonchev–Trinajstić information content (AvgIpc) is 2.59. The lowest BCUT2D eigenvalue weighted by molar-refractivity contribution is 0.140. The van der Waals surface area contributed by atoms with Crippen molar-refractivity contribution in [2.45, 2.75) is 90.1 Å². The van der Waals surface area contributed by atoms with Crippen LogP contribution in [0.2, 0.25) is 0 Å². The Morgan fingerprint density at radius 2 is 1.89 bits per heavy atom. The summed E-state index contributed by atoms with van der Waals surface area (Å²) in [7, 11) is 0. The largest absolute Gasteiger partial charge is 0.329 e. The van der Waals surface area contributed by atoms with Crippen molar-refractivity contribution in [2.24, 2.45) is 5.73 Å². The maximum Gasteiger partial charge on any atom is 0.0221 e. The van der Waals surface area contributed by atoms with Crippen molar-refractivity contribution in [1.82, 2.24) is 4.90 Å². The Kier molecular flexibility index (Phi) is 8.70. The van der Waals surface area contributed by atoms with Gasteiger partial charge in [0.1, 0.15) is 0 Å². The lowest BCUT2D eigenvalue weighted by atomic mass is 10.0. The van der Waals surface area contributed by atoms with Gasteiger partial charge < -0.3 is 5.73 Å². The van der Waals surface area contributed by atoms with E-state index in [4.69, 9.17) is 5.73 Å². The third kappa shape index (κ3) is 5.71. The van der Waals surface area contributed by atoms with Gasteiger partial charge in [0.05, 0.1) is 0 Å². The Bertz CT molecular complexity index is 194. The molecule has 2 heteroatoms. The minimum atomic E-state index is 0.639. The first-order valence-corrected chi connectivity index (χ1v) is 8.25. The van der Waals surface area contributed by atoms with Gasteiger partial charge in [0.25, 0.3) is 0 Å². The maximum absolute atomic E-state index is 6.02. The molecule has 1 rings (SSSR count). The normalized spacial score (nSPS) is 23.8. The second-order valence-electron chi connectivity index (χ2n) is 6.03. The van der Waals surface area contributed by atoms with Crippen molar-refractivity contribution < 1.29 is 0 Å². The summed E-state index contributed by atoms with van der Waals surface area (Å²) in [5.74, 6) is 0. The number of hydrogen-bond acceptors (Lipinski definition) is 2. The van der Waals surface area contributed by atoms with Crippen LogP contribution in [0.3, 0.4) is 0 Å². The molecule has 2 unspecified atom stereocenters. The third-order valence-electron chi connectivity index (χ3n) is 4.49. The lowest BCUT2D eigenvalue weighted by Crippen LogP contribution is -2.45. The molecule has 0 aromatic rings.